The van der Waals surface area contributed by atoms with E-state index in [9.17, 15) is 4.79 Å². The minimum absolute atomic E-state index is 0.0962. The molecule has 0 saturated carbocycles. The lowest BCUT2D eigenvalue weighted by atomic mass is 10.1. The Labute approximate surface area is 73.6 Å². The minimum atomic E-state index is -0.0962. The SMILES string of the molecule is O=C1Nc2cccc3nncc1c23. The van der Waals surface area contributed by atoms with Crippen LogP contribution in [0.5, 0.6) is 0 Å². The molecule has 3 rings (SSSR count). The maximum atomic E-state index is 11.4. The number of amides is 1. The molecule has 62 valence electrons. The fourth-order valence-corrected chi connectivity index (χ4v) is 1.59. The Morgan fingerprint density at radius 2 is 2.23 bits per heavy atom. The smallest absolute Gasteiger partial charge is 0.258 e. The molecule has 1 aromatic heterocycles. The quantitative estimate of drug-likeness (QED) is 0.647. The molecule has 1 amide bonds. The maximum absolute atomic E-state index is 11.4. The molecule has 0 spiro atoms. The van der Waals surface area contributed by atoms with Gasteiger partial charge in [0.1, 0.15) is 0 Å². The minimum Gasteiger partial charge on any atom is -0.321 e. The second kappa shape index (κ2) is 2.04. The third-order valence-electron chi connectivity index (χ3n) is 2.16. The summed E-state index contributed by atoms with van der Waals surface area (Å²) in [6, 6.07) is 5.55. The van der Waals surface area contributed by atoms with E-state index in [2.05, 4.69) is 15.5 Å². The van der Waals surface area contributed by atoms with E-state index in [1.807, 2.05) is 18.2 Å². The summed E-state index contributed by atoms with van der Waals surface area (Å²) in [5.74, 6) is -0.0962. The zero-order valence-electron chi connectivity index (χ0n) is 6.61. The van der Waals surface area contributed by atoms with Crippen LogP contribution < -0.4 is 5.32 Å². The number of nitrogens with zero attached hydrogens (tertiary/aromatic N) is 2. The van der Waals surface area contributed by atoms with Crippen LogP contribution in [-0.2, 0) is 0 Å². The highest BCUT2D eigenvalue weighted by Crippen LogP contribution is 2.30. The molecule has 1 N–H and O–H groups in total. The summed E-state index contributed by atoms with van der Waals surface area (Å²) in [6.07, 6.45) is 1.49. The van der Waals surface area contributed by atoms with Gasteiger partial charge < -0.3 is 5.32 Å². The van der Waals surface area contributed by atoms with E-state index in [1.165, 1.54) is 6.20 Å². The molecule has 0 radical (unpaired) electrons. The number of anilines is 1. The average molecular weight is 171 g/mol. The fraction of sp³-hybridized carbons (Fsp3) is 0. The summed E-state index contributed by atoms with van der Waals surface area (Å²) < 4.78 is 0. The molecule has 1 aromatic carbocycles. The van der Waals surface area contributed by atoms with Crippen LogP contribution in [0.3, 0.4) is 0 Å². The van der Waals surface area contributed by atoms with E-state index in [0.29, 0.717) is 5.56 Å². The van der Waals surface area contributed by atoms with E-state index in [4.69, 9.17) is 0 Å². The van der Waals surface area contributed by atoms with Crippen LogP contribution >= 0.6 is 0 Å². The highest BCUT2D eigenvalue weighted by molar-refractivity contribution is 6.22. The number of rotatable bonds is 0. The van der Waals surface area contributed by atoms with Gasteiger partial charge in [-0.2, -0.15) is 10.2 Å². The van der Waals surface area contributed by atoms with Gasteiger partial charge in [-0.15, -0.1) is 0 Å². The first-order chi connectivity index (χ1) is 6.36. The zero-order chi connectivity index (χ0) is 8.84. The fourth-order valence-electron chi connectivity index (χ4n) is 1.59. The van der Waals surface area contributed by atoms with Crippen molar-refractivity contribution in [3.8, 4) is 0 Å². The third-order valence-corrected chi connectivity index (χ3v) is 2.16. The van der Waals surface area contributed by atoms with Gasteiger partial charge in [0.05, 0.1) is 23.0 Å². The lowest BCUT2D eigenvalue weighted by Gasteiger charge is -1.95. The Morgan fingerprint density at radius 3 is 3.15 bits per heavy atom. The van der Waals surface area contributed by atoms with Crippen molar-refractivity contribution >= 4 is 22.5 Å². The van der Waals surface area contributed by atoms with Gasteiger partial charge in [-0.25, -0.2) is 0 Å². The van der Waals surface area contributed by atoms with Crippen molar-refractivity contribution in [2.24, 2.45) is 0 Å². The van der Waals surface area contributed by atoms with Crippen molar-refractivity contribution in [3.63, 3.8) is 0 Å². The molecule has 0 unspecified atom stereocenters. The number of carbonyl (C=O) groups excluding carboxylic acids is 1. The average Bonchev–Trinajstić information content (AvgIpc) is 2.47. The molecule has 0 saturated heterocycles. The molecule has 0 aliphatic carbocycles. The summed E-state index contributed by atoms with van der Waals surface area (Å²) in [6.45, 7) is 0. The number of aromatic nitrogens is 2. The molecule has 0 bridgehead atoms. The molecule has 1 aliphatic rings. The van der Waals surface area contributed by atoms with Gasteiger partial charge in [0, 0.05) is 5.39 Å². The number of nitrogens with one attached hydrogen (secondary N) is 1. The Morgan fingerprint density at radius 1 is 1.31 bits per heavy atom. The van der Waals surface area contributed by atoms with Crippen LogP contribution in [0.1, 0.15) is 10.4 Å². The van der Waals surface area contributed by atoms with Crippen LogP contribution in [0, 0.1) is 0 Å². The molecule has 2 heterocycles. The summed E-state index contributed by atoms with van der Waals surface area (Å²) in [4.78, 5) is 11.4. The monoisotopic (exact) mass is 171 g/mol. The first-order valence-electron chi connectivity index (χ1n) is 3.92. The molecule has 1 aliphatic heterocycles. The lowest BCUT2D eigenvalue weighted by Crippen LogP contribution is -2.04. The molecule has 4 heteroatoms. The molecular formula is C9H5N3O. The molecule has 0 fully saturated rings. The van der Waals surface area contributed by atoms with E-state index in [1.54, 1.807) is 0 Å². The van der Waals surface area contributed by atoms with Gasteiger partial charge in [0.15, 0.2) is 0 Å². The van der Waals surface area contributed by atoms with E-state index in [-0.39, 0.29) is 5.91 Å². The maximum Gasteiger partial charge on any atom is 0.258 e. The van der Waals surface area contributed by atoms with Gasteiger partial charge >= 0.3 is 0 Å². The highest BCUT2D eigenvalue weighted by Gasteiger charge is 2.21. The normalized spacial score (nSPS) is 13.4. The topological polar surface area (TPSA) is 54.9 Å². The molecular weight excluding hydrogens is 166 g/mol. The van der Waals surface area contributed by atoms with Gasteiger partial charge in [0.25, 0.3) is 5.91 Å². The summed E-state index contributed by atoms with van der Waals surface area (Å²) >= 11 is 0. The number of hydrogen-bond donors (Lipinski definition) is 1. The Balaban J connectivity index is 2.58. The second-order valence-electron chi connectivity index (χ2n) is 2.91. The van der Waals surface area contributed by atoms with Crippen molar-refractivity contribution < 1.29 is 4.79 Å². The van der Waals surface area contributed by atoms with E-state index < -0.39 is 0 Å². The standard InChI is InChI=1S/C9H5N3O/c13-9-5-4-10-12-7-3-1-2-6(11-9)8(5)7/h1-4H,(H,11,13). The van der Waals surface area contributed by atoms with Crippen molar-refractivity contribution in [2.45, 2.75) is 0 Å². The number of benzene rings is 1. The molecule has 2 aromatic rings. The van der Waals surface area contributed by atoms with Crippen LogP contribution in [0.4, 0.5) is 5.69 Å². The lowest BCUT2D eigenvalue weighted by molar-refractivity contribution is 0.103. The number of carbonyl (C=O) groups is 1. The summed E-state index contributed by atoms with van der Waals surface area (Å²) in [5, 5.41) is 11.3. The second-order valence-corrected chi connectivity index (χ2v) is 2.91. The van der Waals surface area contributed by atoms with E-state index >= 15 is 0 Å². The third kappa shape index (κ3) is 0.717. The first kappa shape index (κ1) is 6.54. The van der Waals surface area contributed by atoms with Crippen molar-refractivity contribution in [1.82, 2.24) is 10.2 Å². The summed E-state index contributed by atoms with van der Waals surface area (Å²) in [7, 11) is 0. The highest BCUT2D eigenvalue weighted by atomic mass is 16.1. The predicted octanol–water partition coefficient (Wildman–Crippen LogP) is 1.20. The van der Waals surface area contributed by atoms with Crippen molar-refractivity contribution in [2.75, 3.05) is 5.32 Å². The largest absolute Gasteiger partial charge is 0.321 e. The van der Waals surface area contributed by atoms with Crippen molar-refractivity contribution in [1.29, 1.82) is 0 Å². The zero-order valence-corrected chi connectivity index (χ0v) is 6.61. The van der Waals surface area contributed by atoms with Gasteiger partial charge in [-0.1, -0.05) is 6.07 Å². The Bertz CT molecular complexity index is 516. The predicted molar refractivity (Wildman–Crippen MR) is 47.5 cm³/mol. The Kier molecular flexibility index (Phi) is 1.02. The van der Waals surface area contributed by atoms with Gasteiger partial charge in [-0.3, -0.25) is 4.79 Å². The van der Waals surface area contributed by atoms with Crippen LogP contribution in [0.15, 0.2) is 24.4 Å². The first-order valence-corrected chi connectivity index (χ1v) is 3.92. The Hall–Kier alpha value is -1.97. The van der Waals surface area contributed by atoms with Crippen LogP contribution in [0.2, 0.25) is 0 Å². The van der Waals surface area contributed by atoms with Crippen molar-refractivity contribution in [3.05, 3.63) is 30.0 Å². The molecule has 0 atom stereocenters. The summed E-state index contributed by atoms with van der Waals surface area (Å²) in [5.41, 5.74) is 2.20. The van der Waals surface area contributed by atoms with Gasteiger partial charge in [-0.05, 0) is 12.1 Å². The van der Waals surface area contributed by atoms with Gasteiger partial charge in [0.2, 0.25) is 0 Å². The molecule has 4 nitrogen and oxygen atoms in total. The molecule has 13 heavy (non-hydrogen) atoms. The van der Waals surface area contributed by atoms with Crippen LogP contribution in [-0.4, -0.2) is 16.1 Å². The van der Waals surface area contributed by atoms with Crippen LogP contribution in [0.25, 0.3) is 10.9 Å². The van der Waals surface area contributed by atoms with E-state index in [0.717, 1.165) is 16.6 Å². The number of hydrogen-bond acceptors (Lipinski definition) is 3.